The van der Waals surface area contributed by atoms with Gasteiger partial charge in [0.25, 0.3) is 0 Å². The van der Waals surface area contributed by atoms with E-state index in [9.17, 15) is 24.6 Å². The average molecular weight is 341 g/mol. The number of hydrogen-bond donors (Lipinski definition) is 5. The Kier molecular flexibility index (Phi) is 6.77. The molecule has 0 spiro atoms. The summed E-state index contributed by atoms with van der Waals surface area (Å²) in [5.74, 6) is -2.89. The fourth-order valence-electron chi connectivity index (χ4n) is 2.18. The number of aryl methyl sites for hydroxylation is 1. The molecule has 6 N–H and O–H groups in total. The summed E-state index contributed by atoms with van der Waals surface area (Å²) in [6, 6.07) is -1.11. The van der Waals surface area contributed by atoms with Crippen molar-refractivity contribution in [2.45, 2.75) is 19.1 Å². The van der Waals surface area contributed by atoms with Crippen molar-refractivity contribution >= 4 is 18.2 Å². The van der Waals surface area contributed by atoms with Gasteiger partial charge in [0.15, 0.2) is 6.29 Å². The smallest absolute Gasteiger partial charge is 0.317 e. The first kappa shape index (κ1) is 19.5. The van der Waals surface area contributed by atoms with Crippen molar-refractivity contribution < 1.29 is 34.8 Å². The average Bonchev–Trinajstić information content (AvgIpc) is 2.47. The Morgan fingerprint density at radius 3 is 2.33 bits per heavy atom. The Morgan fingerprint density at radius 1 is 1.33 bits per heavy atom. The Morgan fingerprint density at radius 2 is 1.88 bits per heavy atom. The van der Waals surface area contributed by atoms with Crippen molar-refractivity contribution in [3.63, 3.8) is 0 Å². The minimum atomic E-state index is -1.45. The molecule has 1 aromatic rings. The second kappa shape index (κ2) is 8.34. The van der Waals surface area contributed by atoms with Gasteiger partial charge < -0.3 is 26.2 Å². The number of carbonyl (C=O) groups excluding carboxylic acids is 1. The molecule has 132 valence electrons. The number of nitrogens with zero attached hydrogens (tertiary/aromatic N) is 2. The van der Waals surface area contributed by atoms with E-state index in [1.165, 1.54) is 13.1 Å². The molecule has 0 fully saturated rings. The van der Waals surface area contributed by atoms with Crippen molar-refractivity contribution in [2.75, 3.05) is 19.6 Å². The van der Waals surface area contributed by atoms with E-state index in [0.29, 0.717) is 6.29 Å². The third-order valence-electron chi connectivity index (χ3n) is 3.33. The number of pyridine rings is 1. The molecule has 0 saturated heterocycles. The van der Waals surface area contributed by atoms with Crippen LogP contribution in [0.3, 0.4) is 0 Å². The Hall–Kier alpha value is -2.56. The molecule has 0 amide bonds. The van der Waals surface area contributed by atoms with Crippen LogP contribution < -0.4 is 5.73 Å². The molecule has 1 heterocycles. The number of aldehydes is 1. The second-order valence-corrected chi connectivity index (χ2v) is 5.24. The topological polar surface area (TPSA) is 174 Å². The number of aromatic hydroxyl groups is 1. The molecule has 10 nitrogen and oxygen atoms in total. The third-order valence-corrected chi connectivity index (χ3v) is 3.33. The van der Waals surface area contributed by atoms with Crippen LogP contribution in [0.4, 0.5) is 0 Å². The third kappa shape index (κ3) is 4.98. The van der Waals surface area contributed by atoms with Crippen LogP contribution in [0, 0.1) is 6.92 Å². The van der Waals surface area contributed by atoms with Crippen LogP contribution >= 0.6 is 0 Å². The Bertz CT molecular complexity index is 619. The number of hydrogen-bond acceptors (Lipinski definition) is 8. The summed E-state index contributed by atoms with van der Waals surface area (Å²) >= 11 is 0. The zero-order valence-electron chi connectivity index (χ0n) is 12.9. The number of carbonyl (C=O) groups is 3. The van der Waals surface area contributed by atoms with Crippen molar-refractivity contribution in [2.24, 2.45) is 5.73 Å². The highest BCUT2D eigenvalue weighted by Crippen LogP contribution is 2.27. The van der Waals surface area contributed by atoms with Crippen LogP contribution in [0.5, 0.6) is 5.75 Å². The molecule has 1 rings (SSSR count). The SMILES string of the molecule is Cc1ncc(C(O)C(N)CN(CC(=O)O)CC(=O)O)c(C=O)c1O. The summed E-state index contributed by atoms with van der Waals surface area (Å²) in [5.41, 5.74) is 5.81. The molecule has 0 aliphatic carbocycles. The molecular weight excluding hydrogens is 322 g/mol. The van der Waals surface area contributed by atoms with Crippen LogP contribution in [0.1, 0.15) is 27.7 Å². The van der Waals surface area contributed by atoms with E-state index in [-0.39, 0.29) is 29.1 Å². The monoisotopic (exact) mass is 341 g/mol. The molecule has 24 heavy (non-hydrogen) atoms. The summed E-state index contributed by atoms with van der Waals surface area (Å²) in [6.45, 7) is 0.0574. The van der Waals surface area contributed by atoms with E-state index in [4.69, 9.17) is 15.9 Å². The zero-order chi connectivity index (χ0) is 18.4. The molecule has 0 aliphatic heterocycles. The maximum atomic E-state index is 11.1. The van der Waals surface area contributed by atoms with Gasteiger partial charge in [-0.05, 0) is 6.92 Å². The lowest BCUT2D eigenvalue weighted by molar-refractivity contribution is -0.142. The number of aliphatic hydroxyl groups is 1. The van der Waals surface area contributed by atoms with E-state index < -0.39 is 37.2 Å². The lowest BCUT2D eigenvalue weighted by atomic mass is 9.98. The van der Waals surface area contributed by atoms with Crippen molar-refractivity contribution in [3.8, 4) is 5.75 Å². The summed E-state index contributed by atoms with van der Waals surface area (Å²) in [7, 11) is 0. The predicted molar refractivity (Wildman–Crippen MR) is 80.7 cm³/mol. The van der Waals surface area contributed by atoms with Gasteiger partial charge in [-0.25, -0.2) is 0 Å². The van der Waals surface area contributed by atoms with Crippen molar-refractivity contribution in [1.82, 2.24) is 9.88 Å². The number of nitrogens with two attached hydrogens (primary N) is 1. The minimum absolute atomic E-state index is 0.0220. The molecule has 0 aromatic carbocycles. The zero-order valence-corrected chi connectivity index (χ0v) is 12.9. The Balaban J connectivity index is 2.99. The van der Waals surface area contributed by atoms with E-state index in [2.05, 4.69) is 4.98 Å². The molecule has 1 aromatic heterocycles. The van der Waals surface area contributed by atoms with E-state index >= 15 is 0 Å². The van der Waals surface area contributed by atoms with Gasteiger partial charge in [0.05, 0.1) is 30.5 Å². The largest absolute Gasteiger partial charge is 0.505 e. The first-order valence-corrected chi connectivity index (χ1v) is 6.90. The molecule has 2 atom stereocenters. The van der Waals surface area contributed by atoms with Crippen molar-refractivity contribution in [1.29, 1.82) is 0 Å². The molecule has 2 unspecified atom stereocenters. The molecule has 0 saturated carbocycles. The van der Waals surface area contributed by atoms with Crippen LogP contribution in [-0.4, -0.2) is 74.2 Å². The number of aromatic nitrogens is 1. The van der Waals surface area contributed by atoms with Crippen molar-refractivity contribution in [3.05, 3.63) is 23.0 Å². The van der Waals surface area contributed by atoms with Gasteiger partial charge >= 0.3 is 11.9 Å². The first-order chi connectivity index (χ1) is 11.2. The predicted octanol–water partition coefficient (Wildman–Crippen LogP) is -1.26. The van der Waals surface area contributed by atoms with Gasteiger partial charge in [0.1, 0.15) is 5.75 Å². The maximum Gasteiger partial charge on any atom is 0.317 e. The highest BCUT2D eigenvalue weighted by atomic mass is 16.4. The minimum Gasteiger partial charge on any atom is -0.505 e. The van der Waals surface area contributed by atoms with Gasteiger partial charge in [0, 0.05) is 24.3 Å². The van der Waals surface area contributed by atoms with Gasteiger partial charge in [-0.15, -0.1) is 0 Å². The Labute approximate surface area is 137 Å². The highest BCUT2D eigenvalue weighted by Gasteiger charge is 2.26. The second-order valence-electron chi connectivity index (χ2n) is 5.24. The molecule has 0 radical (unpaired) electrons. The summed E-state index contributed by atoms with van der Waals surface area (Å²) in [4.78, 5) is 37.5. The number of aliphatic hydroxyl groups excluding tert-OH is 1. The van der Waals surface area contributed by atoms with Crippen LogP contribution in [0.15, 0.2) is 6.20 Å². The summed E-state index contributed by atoms with van der Waals surface area (Å²) in [6.07, 6.45) is 0.0816. The van der Waals surface area contributed by atoms with E-state index in [1.54, 1.807) is 0 Å². The first-order valence-electron chi connectivity index (χ1n) is 6.90. The summed E-state index contributed by atoms with van der Waals surface area (Å²) < 4.78 is 0. The number of carboxylic acids is 2. The fourth-order valence-corrected chi connectivity index (χ4v) is 2.18. The maximum absolute atomic E-state index is 11.1. The fraction of sp³-hybridized carbons (Fsp3) is 0.429. The molecular formula is C14H19N3O7. The van der Waals surface area contributed by atoms with Gasteiger partial charge in [-0.1, -0.05) is 0 Å². The van der Waals surface area contributed by atoms with E-state index in [0.717, 1.165) is 4.90 Å². The highest BCUT2D eigenvalue weighted by molar-refractivity contribution is 5.82. The van der Waals surface area contributed by atoms with E-state index in [1.807, 2.05) is 0 Å². The number of aliphatic carboxylic acids is 2. The lowest BCUT2D eigenvalue weighted by Crippen LogP contribution is -2.45. The van der Waals surface area contributed by atoms with Crippen LogP contribution in [0.25, 0.3) is 0 Å². The standard InChI is InChI=1S/C14H19N3O7/c1-7-13(23)9(6-18)8(2-16-7)14(24)10(15)3-17(4-11(19)20)5-12(21)22/h2,6,10,14,23-24H,3-5,15H2,1H3,(H,19,20)(H,21,22). The normalized spacial score (nSPS) is 13.5. The quantitative estimate of drug-likeness (QED) is 0.341. The molecule has 0 aliphatic rings. The number of carboxylic acid groups (broad SMARTS) is 2. The molecule has 0 bridgehead atoms. The molecule has 10 heteroatoms. The van der Waals surface area contributed by atoms with Gasteiger partial charge in [-0.2, -0.15) is 0 Å². The summed E-state index contributed by atoms with van der Waals surface area (Å²) in [5, 5.41) is 37.7. The lowest BCUT2D eigenvalue weighted by Gasteiger charge is -2.26. The van der Waals surface area contributed by atoms with Gasteiger partial charge in [-0.3, -0.25) is 24.3 Å². The van der Waals surface area contributed by atoms with Crippen LogP contribution in [-0.2, 0) is 9.59 Å². The van der Waals surface area contributed by atoms with Crippen LogP contribution in [0.2, 0.25) is 0 Å². The van der Waals surface area contributed by atoms with Gasteiger partial charge in [0.2, 0.25) is 0 Å². The number of rotatable bonds is 9.